The first kappa shape index (κ1) is 12.1. The normalized spacial score (nSPS) is 30.6. The van der Waals surface area contributed by atoms with Crippen molar-refractivity contribution >= 4 is 11.3 Å². The SMILES string of the molecule is Cc1ccsc1CNC1(C)CCC(C)CC1. The summed E-state index contributed by atoms with van der Waals surface area (Å²) in [6, 6.07) is 2.22. The molecule has 1 aromatic heterocycles. The van der Waals surface area contributed by atoms with Crippen molar-refractivity contribution < 1.29 is 0 Å². The molecule has 16 heavy (non-hydrogen) atoms. The molecule has 1 nitrogen and oxygen atoms in total. The molecule has 1 N–H and O–H groups in total. The van der Waals surface area contributed by atoms with Crippen LogP contribution in [0.5, 0.6) is 0 Å². The lowest BCUT2D eigenvalue weighted by atomic mass is 9.78. The zero-order chi connectivity index (χ0) is 11.6. The van der Waals surface area contributed by atoms with Crippen LogP contribution in [-0.4, -0.2) is 5.54 Å². The van der Waals surface area contributed by atoms with E-state index < -0.39 is 0 Å². The van der Waals surface area contributed by atoms with E-state index in [1.165, 1.54) is 36.1 Å². The molecule has 1 saturated carbocycles. The largest absolute Gasteiger partial charge is 0.307 e. The zero-order valence-corrected chi connectivity index (χ0v) is 11.5. The van der Waals surface area contributed by atoms with Crippen molar-refractivity contribution in [1.82, 2.24) is 5.32 Å². The van der Waals surface area contributed by atoms with Gasteiger partial charge in [0.05, 0.1) is 0 Å². The Labute approximate surface area is 103 Å². The lowest BCUT2D eigenvalue weighted by Crippen LogP contribution is -2.44. The Hall–Kier alpha value is -0.340. The van der Waals surface area contributed by atoms with Gasteiger partial charge in [-0.15, -0.1) is 11.3 Å². The molecule has 0 aliphatic heterocycles. The minimum Gasteiger partial charge on any atom is -0.307 e. The van der Waals surface area contributed by atoms with Crippen LogP contribution in [0.1, 0.15) is 50.0 Å². The first-order valence-electron chi connectivity index (χ1n) is 6.37. The molecular formula is C14H23NS. The minimum atomic E-state index is 0.378. The van der Waals surface area contributed by atoms with E-state index in [4.69, 9.17) is 0 Å². The molecule has 1 aliphatic carbocycles. The van der Waals surface area contributed by atoms with Gasteiger partial charge in [0.15, 0.2) is 0 Å². The van der Waals surface area contributed by atoms with Gasteiger partial charge in [-0.05, 0) is 62.5 Å². The molecule has 1 aromatic rings. The second kappa shape index (κ2) is 4.89. The van der Waals surface area contributed by atoms with E-state index in [1.54, 1.807) is 0 Å². The fourth-order valence-electron chi connectivity index (χ4n) is 2.45. The third-order valence-electron chi connectivity index (χ3n) is 4.02. The molecule has 0 atom stereocenters. The lowest BCUT2D eigenvalue weighted by Gasteiger charge is -2.37. The fraction of sp³-hybridized carbons (Fsp3) is 0.714. The fourth-order valence-corrected chi connectivity index (χ4v) is 3.30. The maximum Gasteiger partial charge on any atom is 0.0307 e. The van der Waals surface area contributed by atoms with Gasteiger partial charge in [-0.25, -0.2) is 0 Å². The van der Waals surface area contributed by atoms with E-state index in [2.05, 4.69) is 37.5 Å². The molecule has 0 bridgehead atoms. The van der Waals surface area contributed by atoms with E-state index in [-0.39, 0.29) is 0 Å². The summed E-state index contributed by atoms with van der Waals surface area (Å²) in [5.74, 6) is 0.929. The van der Waals surface area contributed by atoms with Crippen LogP contribution in [-0.2, 0) is 6.54 Å². The highest BCUT2D eigenvalue weighted by Crippen LogP contribution is 2.32. The summed E-state index contributed by atoms with van der Waals surface area (Å²) in [5, 5.41) is 5.96. The molecule has 0 spiro atoms. The summed E-state index contributed by atoms with van der Waals surface area (Å²) >= 11 is 1.87. The number of rotatable bonds is 3. The maximum atomic E-state index is 3.77. The predicted octanol–water partition coefficient (Wildman–Crippen LogP) is 4.11. The van der Waals surface area contributed by atoms with Crippen LogP contribution in [0, 0.1) is 12.8 Å². The van der Waals surface area contributed by atoms with Gasteiger partial charge in [0.25, 0.3) is 0 Å². The zero-order valence-electron chi connectivity index (χ0n) is 10.7. The van der Waals surface area contributed by atoms with Crippen molar-refractivity contribution in [1.29, 1.82) is 0 Å². The maximum absolute atomic E-state index is 3.77. The van der Waals surface area contributed by atoms with Crippen LogP contribution in [0.25, 0.3) is 0 Å². The molecule has 0 aromatic carbocycles. The first-order chi connectivity index (χ1) is 7.59. The van der Waals surface area contributed by atoms with Crippen molar-refractivity contribution in [3.05, 3.63) is 21.9 Å². The highest BCUT2D eigenvalue weighted by atomic mass is 32.1. The topological polar surface area (TPSA) is 12.0 Å². The van der Waals surface area contributed by atoms with E-state index in [0.717, 1.165) is 12.5 Å². The second-order valence-corrected chi connectivity index (χ2v) is 6.62. The Kier molecular flexibility index (Phi) is 3.70. The van der Waals surface area contributed by atoms with Crippen LogP contribution >= 0.6 is 11.3 Å². The van der Waals surface area contributed by atoms with Crippen molar-refractivity contribution in [2.75, 3.05) is 0 Å². The Morgan fingerprint density at radius 3 is 2.69 bits per heavy atom. The molecule has 0 radical (unpaired) electrons. The van der Waals surface area contributed by atoms with Crippen LogP contribution in [0.15, 0.2) is 11.4 Å². The van der Waals surface area contributed by atoms with Gasteiger partial charge >= 0.3 is 0 Å². The molecule has 0 saturated heterocycles. The summed E-state index contributed by atoms with van der Waals surface area (Å²) in [4.78, 5) is 1.50. The van der Waals surface area contributed by atoms with Crippen LogP contribution < -0.4 is 5.32 Å². The van der Waals surface area contributed by atoms with Crippen LogP contribution in [0.2, 0.25) is 0 Å². The number of hydrogen-bond donors (Lipinski definition) is 1. The average molecular weight is 237 g/mol. The van der Waals surface area contributed by atoms with Gasteiger partial charge < -0.3 is 5.32 Å². The highest BCUT2D eigenvalue weighted by molar-refractivity contribution is 7.10. The van der Waals surface area contributed by atoms with Crippen molar-refractivity contribution in [3.63, 3.8) is 0 Å². The Morgan fingerprint density at radius 2 is 2.12 bits per heavy atom. The van der Waals surface area contributed by atoms with Gasteiger partial charge in [-0.1, -0.05) is 6.92 Å². The molecule has 2 heteroatoms. The van der Waals surface area contributed by atoms with Crippen molar-refractivity contribution in [3.8, 4) is 0 Å². The van der Waals surface area contributed by atoms with Gasteiger partial charge in [0, 0.05) is 17.0 Å². The summed E-state index contributed by atoms with van der Waals surface area (Å²) in [5.41, 5.74) is 1.81. The third-order valence-corrected chi connectivity index (χ3v) is 5.04. The Morgan fingerprint density at radius 1 is 1.44 bits per heavy atom. The van der Waals surface area contributed by atoms with Gasteiger partial charge in [-0.2, -0.15) is 0 Å². The summed E-state index contributed by atoms with van der Waals surface area (Å²) < 4.78 is 0. The molecule has 90 valence electrons. The summed E-state index contributed by atoms with van der Waals surface area (Å²) in [7, 11) is 0. The lowest BCUT2D eigenvalue weighted by molar-refractivity contribution is 0.213. The molecule has 0 unspecified atom stereocenters. The molecule has 1 aliphatic rings. The first-order valence-corrected chi connectivity index (χ1v) is 7.25. The third kappa shape index (κ3) is 2.86. The van der Waals surface area contributed by atoms with Crippen LogP contribution in [0.4, 0.5) is 0 Å². The quantitative estimate of drug-likeness (QED) is 0.834. The standard InChI is InChI=1S/C14H23NS/c1-11-4-7-14(3,8-5-11)15-10-13-12(2)6-9-16-13/h6,9,11,15H,4-5,7-8,10H2,1-3H3. The Bertz CT molecular complexity index is 334. The van der Waals surface area contributed by atoms with E-state index in [9.17, 15) is 0 Å². The molecule has 2 rings (SSSR count). The number of nitrogens with one attached hydrogen (secondary N) is 1. The smallest absolute Gasteiger partial charge is 0.0307 e. The molecular weight excluding hydrogens is 214 g/mol. The van der Waals surface area contributed by atoms with E-state index in [1.807, 2.05) is 11.3 Å². The Balaban J connectivity index is 1.88. The van der Waals surface area contributed by atoms with Gasteiger partial charge in [-0.3, -0.25) is 0 Å². The highest BCUT2D eigenvalue weighted by Gasteiger charge is 2.28. The van der Waals surface area contributed by atoms with E-state index >= 15 is 0 Å². The van der Waals surface area contributed by atoms with Gasteiger partial charge in [0.2, 0.25) is 0 Å². The second-order valence-electron chi connectivity index (χ2n) is 5.62. The number of hydrogen-bond acceptors (Lipinski definition) is 2. The summed E-state index contributed by atoms with van der Waals surface area (Å²) in [6.45, 7) is 8.03. The van der Waals surface area contributed by atoms with E-state index in [0.29, 0.717) is 5.54 Å². The van der Waals surface area contributed by atoms with Crippen molar-refractivity contribution in [2.45, 2.75) is 58.5 Å². The minimum absolute atomic E-state index is 0.378. The average Bonchev–Trinajstić information content (AvgIpc) is 2.67. The monoisotopic (exact) mass is 237 g/mol. The van der Waals surface area contributed by atoms with Crippen molar-refractivity contribution in [2.24, 2.45) is 5.92 Å². The number of aryl methyl sites for hydroxylation is 1. The predicted molar refractivity (Wildman–Crippen MR) is 71.9 cm³/mol. The summed E-state index contributed by atoms with van der Waals surface area (Å²) in [6.07, 6.45) is 5.43. The van der Waals surface area contributed by atoms with Crippen LogP contribution in [0.3, 0.4) is 0 Å². The molecule has 1 heterocycles. The molecule has 1 fully saturated rings. The number of thiophene rings is 1. The van der Waals surface area contributed by atoms with Gasteiger partial charge in [0.1, 0.15) is 0 Å². The molecule has 0 amide bonds.